The predicted octanol–water partition coefficient (Wildman–Crippen LogP) is 12.7. The third kappa shape index (κ3) is 5.13. The fraction of sp³-hybridized carbons (Fsp3) is 0. The van der Waals surface area contributed by atoms with E-state index in [2.05, 4.69) is 0 Å². The summed E-state index contributed by atoms with van der Waals surface area (Å²) in [5.74, 6) is -0.0898. The standard InChI is InChI=1S/C51H33N5/c1-4-16-34(17-5-1)35-28-30-38(31-29-35)50-52-49(37-20-8-3-9-21-37)53-51(54-50)56-44-27-15-12-24-41(44)48-46(56)33-32-45-47(48)40-23-11-14-26-43(40)55(45)42-25-13-10-22-39(42)36-18-6-2-7-19-36/h1-33H/i2D,6D,7D,10D,11D,12D,13D,14D,15D,18D,19D,22D,23D,24D,25D,26D,27D,32D,33D. The van der Waals surface area contributed by atoms with Gasteiger partial charge in [-0.15, -0.1) is 0 Å². The van der Waals surface area contributed by atoms with Crippen molar-refractivity contribution in [1.29, 1.82) is 0 Å². The molecule has 0 atom stereocenters. The SMILES string of the molecule is [2H]c1c([2H])c([2H])c(-c2c([2H])c([2H])c([2H])c([2H])c2-n2c3c([2H])c([2H])c([2H])c([2H])c3c3c4c5c([2H])c([2H])c([2H])c([2H])c5n(-c5nc(-c6ccccc6)nc(-c6ccc(-c7ccccc7)cc6)n5)c4c([2H])c([2H])c32)c([2H])c1[2H]. The Hall–Kier alpha value is -7.63. The first kappa shape index (κ1) is 18.1. The zero-order chi connectivity index (χ0) is 53.5. The van der Waals surface area contributed by atoms with Crippen LogP contribution in [0.25, 0.3) is 100 Å². The quantitative estimate of drug-likeness (QED) is 0.171. The van der Waals surface area contributed by atoms with Gasteiger partial charge in [-0.2, -0.15) is 9.97 Å². The number of benzene rings is 8. The average molecular weight is 735 g/mol. The molecule has 0 spiro atoms. The van der Waals surface area contributed by atoms with Gasteiger partial charge in [-0.3, -0.25) is 4.57 Å². The first-order valence-electron chi connectivity index (χ1n) is 26.8. The zero-order valence-corrected chi connectivity index (χ0v) is 28.8. The summed E-state index contributed by atoms with van der Waals surface area (Å²) in [6.07, 6.45) is 0. The van der Waals surface area contributed by atoms with E-state index < -0.39 is 148 Å². The molecular formula is C51H33N5. The highest BCUT2D eigenvalue weighted by molar-refractivity contribution is 6.29. The van der Waals surface area contributed by atoms with Crippen molar-refractivity contribution < 1.29 is 26.0 Å². The van der Waals surface area contributed by atoms with Gasteiger partial charge in [0.05, 0.1) is 53.8 Å². The molecule has 0 bridgehead atoms. The lowest BCUT2D eigenvalue weighted by atomic mass is 10.0. The van der Waals surface area contributed by atoms with E-state index in [1.54, 1.807) is 42.5 Å². The van der Waals surface area contributed by atoms with Crippen LogP contribution < -0.4 is 0 Å². The molecule has 11 rings (SSSR count). The molecule has 0 unspecified atom stereocenters. The topological polar surface area (TPSA) is 48.5 Å². The van der Waals surface area contributed by atoms with Gasteiger partial charge in [0.2, 0.25) is 5.95 Å². The molecule has 0 saturated heterocycles. The summed E-state index contributed by atoms with van der Waals surface area (Å²) in [5, 5.41) is -1.31. The molecule has 0 N–H and O–H groups in total. The van der Waals surface area contributed by atoms with Gasteiger partial charge in [0.25, 0.3) is 0 Å². The molecule has 5 nitrogen and oxygen atoms in total. The van der Waals surface area contributed by atoms with Crippen molar-refractivity contribution in [3.05, 3.63) is 200 Å². The molecule has 262 valence electrons. The molecule has 3 aromatic heterocycles. The Balaban J connectivity index is 1.37. The molecule has 3 heterocycles. The van der Waals surface area contributed by atoms with E-state index in [0.29, 0.717) is 11.1 Å². The van der Waals surface area contributed by atoms with E-state index >= 15 is 0 Å². The van der Waals surface area contributed by atoms with Gasteiger partial charge in [-0.1, -0.05) is 170 Å². The molecule has 8 aromatic carbocycles. The molecule has 0 aliphatic heterocycles. The molecule has 0 amide bonds. The Morgan fingerprint density at radius 2 is 0.839 bits per heavy atom. The van der Waals surface area contributed by atoms with Crippen LogP contribution >= 0.6 is 0 Å². The summed E-state index contributed by atoms with van der Waals surface area (Å²) >= 11 is 0. The number of nitrogens with zero attached hydrogens (tertiary/aromatic N) is 5. The lowest BCUT2D eigenvalue weighted by Crippen LogP contribution is -2.06. The van der Waals surface area contributed by atoms with Crippen molar-refractivity contribution in [1.82, 2.24) is 24.1 Å². The number of hydrogen-bond donors (Lipinski definition) is 0. The van der Waals surface area contributed by atoms with Crippen LogP contribution in [0.1, 0.15) is 26.0 Å². The maximum absolute atomic E-state index is 9.99. The molecule has 0 radical (unpaired) electrons. The minimum absolute atomic E-state index is 0.0946. The Morgan fingerprint density at radius 1 is 0.357 bits per heavy atom. The molecule has 0 aliphatic carbocycles. The second kappa shape index (κ2) is 13.0. The van der Waals surface area contributed by atoms with Gasteiger partial charge in [0.15, 0.2) is 11.6 Å². The minimum Gasteiger partial charge on any atom is -0.309 e. The summed E-state index contributed by atoms with van der Waals surface area (Å²) < 4.78 is 175. The van der Waals surface area contributed by atoms with E-state index in [0.717, 1.165) is 15.7 Å². The van der Waals surface area contributed by atoms with E-state index in [4.69, 9.17) is 30.0 Å². The van der Waals surface area contributed by atoms with Gasteiger partial charge in [-0.05, 0) is 46.9 Å². The highest BCUT2D eigenvalue weighted by Crippen LogP contribution is 2.43. The fourth-order valence-corrected chi connectivity index (χ4v) is 7.04. The van der Waals surface area contributed by atoms with Crippen LogP contribution in [0.15, 0.2) is 200 Å². The average Bonchev–Trinajstić information content (AvgIpc) is 3.97. The highest BCUT2D eigenvalue weighted by Gasteiger charge is 2.23. The van der Waals surface area contributed by atoms with Gasteiger partial charge in [0, 0.05) is 38.2 Å². The van der Waals surface area contributed by atoms with Crippen LogP contribution in [0.5, 0.6) is 0 Å². The maximum atomic E-state index is 9.99. The van der Waals surface area contributed by atoms with E-state index in [9.17, 15) is 11.0 Å². The smallest absolute Gasteiger partial charge is 0.238 e. The largest absolute Gasteiger partial charge is 0.309 e. The van der Waals surface area contributed by atoms with Gasteiger partial charge in [0.1, 0.15) is 0 Å². The molecule has 56 heavy (non-hydrogen) atoms. The van der Waals surface area contributed by atoms with Crippen molar-refractivity contribution in [2.75, 3.05) is 0 Å². The number of fused-ring (bicyclic) bond motifs is 7. The second-order valence-electron chi connectivity index (χ2n) is 12.6. The van der Waals surface area contributed by atoms with Crippen LogP contribution in [-0.4, -0.2) is 24.1 Å². The van der Waals surface area contributed by atoms with Crippen molar-refractivity contribution >= 4 is 43.6 Å². The Kier molecular flexibility index (Phi) is 4.22. The lowest BCUT2D eigenvalue weighted by molar-refractivity contribution is 0.953. The van der Waals surface area contributed by atoms with Gasteiger partial charge < -0.3 is 4.57 Å². The van der Waals surface area contributed by atoms with Crippen LogP contribution in [0.2, 0.25) is 0 Å². The summed E-state index contributed by atoms with van der Waals surface area (Å²) in [4.78, 5) is 14.6. The van der Waals surface area contributed by atoms with E-state index in [1.165, 1.54) is 4.57 Å². The van der Waals surface area contributed by atoms with Crippen LogP contribution in [-0.2, 0) is 0 Å². The Bertz CT molecular complexity index is 4300. The monoisotopic (exact) mass is 734 g/mol. The molecule has 11 aromatic rings. The number of rotatable bonds is 6. The molecule has 0 aliphatic rings. The normalized spacial score (nSPS) is 16.3. The summed E-state index contributed by atoms with van der Waals surface area (Å²) in [6, 6.07) is 10.1. The Morgan fingerprint density at radius 3 is 1.50 bits per heavy atom. The second-order valence-corrected chi connectivity index (χ2v) is 12.6. The molecule has 0 saturated carbocycles. The zero-order valence-electron chi connectivity index (χ0n) is 47.8. The number of aromatic nitrogens is 5. The minimum atomic E-state index is -0.928. The number of para-hydroxylation sites is 3. The summed E-state index contributed by atoms with van der Waals surface area (Å²) in [5.41, 5.74) is -0.997. The highest BCUT2D eigenvalue weighted by atomic mass is 15.2. The van der Waals surface area contributed by atoms with Crippen molar-refractivity contribution in [3.63, 3.8) is 0 Å². The first-order chi connectivity index (χ1) is 35.7. The van der Waals surface area contributed by atoms with Crippen molar-refractivity contribution in [3.8, 4) is 56.7 Å². The van der Waals surface area contributed by atoms with E-state index in [1.807, 2.05) is 42.5 Å². The molecular weight excluding hydrogens is 683 g/mol. The van der Waals surface area contributed by atoms with Crippen LogP contribution in [0, 0.1) is 0 Å². The first-order valence-corrected chi connectivity index (χ1v) is 17.3. The summed E-state index contributed by atoms with van der Waals surface area (Å²) in [6.45, 7) is 0. The third-order valence-electron chi connectivity index (χ3n) is 9.50. The van der Waals surface area contributed by atoms with E-state index in [-0.39, 0.29) is 44.8 Å². The van der Waals surface area contributed by atoms with Crippen LogP contribution in [0.3, 0.4) is 0 Å². The fourth-order valence-electron chi connectivity index (χ4n) is 7.04. The maximum Gasteiger partial charge on any atom is 0.238 e. The molecule has 5 heteroatoms. The summed E-state index contributed by atoms with van der Waals surface area (Å²) in [7, 11) is 0. The number of hydrogen-bond acceptors (Lipinski definition) is 3. The van der Waals surface area contributed by atoms with Gasteiger partial charge in [-0.25, -0.2) is 4.98 Å². The van der Waals surface area contributed by atoms with Gasteiger partial charge >= 0.3 is 0 Å². The van der Waals surface area contributed by atoms with Crippen LogP contribution in [0.4, 0.5) is 0 Å². The Labute approximate surface area is 350 Å². The van der Waals surface area contributed by atoms with Crippen molar-refractivity contribution in [2.24, 2.45) is 0 Å². The van der Waals surface area contributed by atoms with Crippen molar-refractivity contribution in [2.45, 2.75) is 0 Å². The lowest BCUT2D eigenvalue weighted by Gasteiger charge is -2.14. The third-order valence-corrected chi connectivity index (χ3v) is 9.50. The predicted molar refractivity (Wildman–Crippen MR) is 230 cm³/mol. The molecule has 0 fully saturated rings.